The van der Waals surface area contributed by atoms with Gasteiger partial charge in [-0.2, -0.15) is 0 Å². The molecule has 1 aromatic carbocycles. The van der Waals surface area contributed by atoms with Crippen molar-refractivity contribution in [2.45, 2.75) is 13.5 Å². The third-order valence-corrected chi connectivity index (χ3v) is 1.92. The molecule has 0 aliphatic heterocycles. The summed E-state index contributed by atoms with van der Waals surface area (Å²) < 4.78 is 1.93. The molecule has 0 amide bonds. The van der Waals surface area contributed by atoms with Gasteiger partial charge in [0, 0.05) is 16.6 Å². The van der Waals surface area contributed by atoms with Crippen molar-refractivity contribution in [3.8, 4) is 0 Å². The highest BCUT2D eigenvalue weighted by Gasteiger charge is 1.99. The van der Waals surface area contributed by atoms with Gasteiger partial charge in [-0.25, -0.2) is 0 Å². The molecule has 60 valence electrons. The van der Waals surface area contributed by atoms with Crippen LogP contribution in [-0.4, -0.2) is 5.10 Å². The summed E-state index contributed by atoms with van der Waals surface area (Å²) in [6, 6.07) is 10.2. The Morgan fingerprint density at radius 3 is 2.92 bits per heavy atom. The lowest BCUT2D eigenvalue weighted by Crippen LogP contribution is -2.35. The van der Waals surface area contributed by atoms with Crippen molar-refractivity contribution >= 4 is 10.9 Å². The van der Waals surface area contributed by atoms with Gasteiger partial charge in [0.15, 0.2) is 12.7 Å². The van der Waals surface area contributed by atoms with Crippen LogP contribution in [0.4, 0.5) is 0 Å². The predicted octanol–water partition coefficient (Wildman–Crippen LogP) is 1.54. The quantitative estimate of drug-likeness (QED) is 0.577. The monoisotopic (exact) mass is 159 g/mol. The molecular weight excluding hydrogens is 148 g/mol. The standard InChI is InChI=1S/C10H11N2/c1-2-12-8-7-9-5-3-4-6-10(9)11-12/h3-8H,2H2,1H3/q+1. The van der Waals surface area contributed by atoms with E-state index in [4.69, 9.17) is 0 Å². The molecule has 0 saturated heterocycles. The Bertz CT molecular complexity index is 396. The predicted molar refractivity (Wildman–Crippen MR) is 47.6 cm³/mol. The molecular formula is C10H11N2+. The van der Waals surface area contributed by atoms with Crippen molar-refractivity contribution in [2.24, 2.45) is 0 Å². The highest BCUT2D eigenvalue weighted by atomic mass is 15.2. The Morgan fingerprint density at radius 2 is 2.08 bits per heavy atom. The van der Waals surface area contributed by atoms with Crippen LogP contribution in [-0.2, 0) is 6.54 Å². The first-order chi connectivity index (χ1) is 5.90. The van der Waals surface area contributed by atoms with Gasteiger partial charge < -0.3 is 0 Å². The van der Waals surface area contributed by atoms with Crippen LogP contribution in [0.25, 0.3) is 10.9 Å². The molecule has 0 fully saturated rings. The highest BCUT2D eigenvalue weighted by Crippen LogP contribution is 2.06. The topological polar surface area (TPSA) is 16.8 Å². The van der Waals surface area contributed by atoms with E-state index < -0.39 is 0 Å². The maximum Gasteiger partial charge on any atom is 0.196 e. The third kappa shape index (κ3) is 1.16. The molecule has 1 aromatic heterocycles. The lowest BCUT2D eigenvalue weighted by Gasteiger charge is -1.92. The molecule has 0 bridgehead atoms. The number of aromatic nitrogens is 2. The van der Waals surface area contributed by atoms with E-state index in [0.717, 1.165) is 12.1 Å². The number of nitrogens with zero attached hydrogens (tertiary/aromatic N) is 2. The summed E-state index contributed by atoms with van der Waals surface area (Å²) in [5.41, 5.74) is 1.06. The summed E-state index contributed by atoms with van der Waals surface area (Å²) in [5, 5.41) is 5.61. The summed E-state index contributed by atoms with van der Waals surface area (Å²) in [5.74, 6) is 0. The van der Waals surface area contributed by atoms with Crippen molar-refractivity contribution in [1.29, 1.82) is 0 Å². The molecule has 2 heteroatoms. The lowest BCUT2D eigenvalue weighted by molar-refractivity contribution is -0.748. The first-order valence-corrected chi connectivity index (χ1v) is 4.15. The summed E-state index contributed by atoms with van der Waals surface area (Å²) in [7, 11) is 0. The average molecular weight is 159 g/mol. The van der Waals surface area contributed by atoms with Crippen LogP contribution in [0.2, 0.25) is 0 Å². The van der Waals surface area contributed by atoms with Gasteiger partial charge in [0.2, 0.25) is 0 Å². The molecule has 2 aromatic rings. The first-order valence-electron chi connectivity index (χ1n) is 4.15. The van der Waals surface area contributed by atoms with Gasteiger partial charge in [0.1, 0.15) is 5.52 Å². The fourth-order valence-corrected chi connectivity index (χ4v) is 1.23. The molecule has 12 heavy (non-hydrogen) atoms. The molecule has 1 heterocycles. The van der Waals surface area contributed by atoms with Gasteiger partial charge in [-0.15, -0.1) is 0 Å². The molecule has 0 spiro atoms. The van der Waals surface area contributed by atoms with Crippen LogP contribution >= 0.6 is 0 Å². The second-order valence-corrected chi connectivity index (χ2v) is 2.73. The summed E-state index contributed by atoms with van der Waals surface area (Å²) in [6.45, 7) is 3.01. The molecule has 0 radical (unpaired) electrons. The first kappa shape index (κ1) is 7.22. The summed E-state index contributed by atoms with van der Waals surface area (Å²) >= 11 is 0. The SMILES string of the molecule is CC[n+]1ccc2ccccc2n1. The van der Waals surface area contributed by atoms with Crippen LogP contribution < -0.4 is 4.68 Å². The zero-order valence-corrected chi connectivity index (χ0v) is 7.07. The maximum atomic E-state index is 4.41. The highest BCUT2D eigenvalue weighted by molar-refractivity contribution is 5.76. The summed E-state index contributed by atoms with van der Waals surface area (Å²) in [4.78, 5) is 0. The number of aryl methyl sites for hydroxylation is 1. The maximum absolute atomic E-state index is 4.41. The number of fused-ring (bicyclic) bond motifs is 1. The molecule has 2 rings (SSSR count). The second-order valence-electron chi connectivity index (χ2n) is 2.73. The molecule has 0 saturated carbocycles. The van der Waals surface area contributed by atoms with E-state index in [1.807, 2.05) is 29.1 Å². The minimum Gasteiger partial charge on any atom is -0.0910 e. The molecule has 2 nitrogen and oxygen atoms in total. The van der Waals surface area contributed by atoms with E-state index in [0.29, 0.717) is 0 Å². The van der Waals surface area contributed by atoms with Crippen molar-refractivity contribution in [2.75, 3.05) is 0 Å². The number of hydrogen-bond donors (Lipinski definition) is 0. The molecule has 0 aliphatic carbocycles. The molecule has 0 aliphatic rings. The molecule has 0 atom stereocenters. The number of hydrogen-bond acceptors (Lipinski definition) is 1. The van der Waals surface area contributed by atoms with Crippen molar-refractivity contribution < 1.29 is 4.68 Å². The Balaban J connectivity index is 2.67. The second kappa shape index (κ2) is 2.89. The van der Waals surface area contributed by atoms with Crippen molar-refractivity contribution in [3.63, 3.8) is 0 Å². The Kier molecular flexibility index (Phi) is 1.74. The summed E-state index contributed by atoms with van der Waals surface area (Å²) in [6.07, 6.45) is 2.00. The third-order valence-electron chi connectivity index (χ3n) is 1.92. The minimum atomic E-state index is 0.921. The van der Waals surface area contributed by atoms with Gasteiger partial charge >= 0.3 is 0 Å². The van der Waals surface area contributed by atoms with Crippen LogP contribution in [0.3, 0.4) is 0 Å². The van der Waals surface area contributed by atoms with Crippen molar-refractivity contribution in [1.82, 2.24) is 5.10 Å². The Hall–Kier alpha value is -1.44. The van der Waals surface area contributed by atoms with Gasteiger partial charge in [-0.3, -0.25) is 0 Å². The van der Waals surface area contributed by atoms with Crippen LogP contribution in [0.5, 0.6) is 0 Å². The fraction of sp³-hybridized carbons (Fsp3) is 0.200. The lowest BCUT2D eigenvalue weighted by atomic mass is 10.2. The zero-order valence-electron chi connectivity index (χ0n) is 7.07. The minimum absolute atomic E-state index is 0.921. The van der Waals surface area contributed by atoms with Gasteiger partial charge in [0.25, 0.3) is 0 Å². The fourth-order valence-electron chi connectivity index (χ4n) is 1.23. The van der Waals surface area contributed by atoms with Crippen LogP contribution in [0, 0.1) is 0 Å². The van der Waals surface area contributed by atoms with Gasteiger partial charge in [-0.05, 0) is 13.0 Å². The molecule has 0 unspecified atom stereocenters. The van der Waals surface area contributed by atoms with Gasteiger partial charge in [0.05, 0.1) is 0 Å². The number of rotatable bonds is 1. The van der Waals surface area contributed by atoms with E-state index in [1.165, 1.54) is 5.39 Å². The van der Waals surface area contributed by atoms with E-state index >= 15 is 0 Å². The number of benzene rings is 1. The van der Waals surface area contributed by atoms with Crippen LogP contribution in [0.15, 0.2) is 36.5 Å². The zero-order chi connectivity index (χ0) is 8.39. The largest absolute Gasteiger partial charge is 0.196 e. The Morgan fingerprint density at radius 1 is 1.25 bits per heavy atom. The van der Waals surface area contributed by atoms with E-state index in [1.54, 1.807) is 0 Å². The molecule has 0 N–H and O–H groups in total. The van der Waals surface area contributed by atoms with Gasteiger partial charge in [-0.1, -0.05) is 22.9 Å². The normalized spacial score (nSPS) is 10.4. The average Bonchev–Trinajstić information content (AvgIpc) is 2.17. The smallest absolute Gasteiger partial charge is 0.0910 e. The van der Waals surface area contributed by atoms with Crippen molar-refractivity contribution in [3.05, 3.63) is 36.5 Å². The van der Waals surface area contributed by atoms with Crippen LogP contribution in [0.1, 0.15) is 6.92 Å². The van der Waals surface area contributed by atoms with E-state index in [-0.39, 0.29) is 0 Å². The van der Waals surface area contributed by atoms with E-state index in [2.05, 4.69) is 24.2 Å². The van der Waals surface area contributed by atoms with E-state index in [9.17, 15) is 0 Å². The Labute approximate surface area is 71.5 Å².